The van der Waals surface area contributed by atoms with Gasteiger partial charge in [0.2, 0.25) is 0 Å². The van der Waals surface area contributed by atoms with Gasteiger partial charge in [0.25, 0.3) is 0 Å². The maximum Gasteiger partial charge on any atom is 0.325 e. The van der Waals surface area contributed by atoms with Crippen molar-refractivity contribution in [2.45, 2.75) is 64.3 Å². The van der Waals surface area contributed by atoms with Gasteiger partial charge in [-0.2, -0.15) is 5.10 Å². The first-order valence-corrected chi connectivity index (χ1v) is 14.9. The number of nitrogens with one attached hydrogen (secondary N) is 2. The van der Waals surface area contributed by atoms with Crippen LogP contribution in [0.25, 0.3) is 5.69 Å². The average Bonchev–Trinajstić information content (AvgIpc) is 3.33. The number of aliphatic carboxylic acids is 1. The van der Waals surface area contributed by atoms with E-state index in [2.05, 4.69) is 44.8 Å². The lowest BCUT2D eigenvalue weighted by Crippen LogP contribution is -2.26. The topological polar surface area (TPSA) is 151 Å². The van der Waals surface area contributed by atoms with Crippen LogP contribution in [-0.2, 0) is 14.6 Å². The maximum atomic E-state index is 12.5. The molecule has 210 valence electrons. The normalized spacial score (nSPS) is 13.4. The van der Waals surface area contributed by atoms with Crippen molar-refractivity contribution in [3.05, 3.63) is 48.2 Å². The highest BCUT2D eigenvalue weighted by Crippen LogP contribution is 2.34. The molecule has 2 aromatic heterocycles. The highest BCUT2D eigenvalue weighted by Gasteiger charge is 2.21. The summed E-state index contributed by atoms with van der Waals surface area (Å²) in [4.78, 5) is 16.0. The van der Waals surface area contributed by atoms with Gasteiger partial charge >= 0.3 is 5.97 Å². The minimum absolute atomic E-state index is 0.0468. The molecular weight excluding hydrogens is 518 g/mol. The fraction of sp³-hybridized carbons (Fsp3) is 0.444. The number of anilines is 2. The number of rotatable bonds is 14. The quantitative estimate of drug-likeness (QED) is 0.208. The monoisotopic (exact) mass is 555 g/mol. The van der Waals surface area contributed by atoms with Crippen LogP contribution in [0.15, 0.2) is 57.7 Å². The predicted molar refractivity (Wildman–Crippen MR) is 152 cm³/mol. The molecule has 0 aliphatic heterocycles. The second-order valence-electron chi connectivity index (χ2n) is 9.58. The van der Waals surface area contributed by atoms with E-state index >= 15 is 0 Å². The molecule has 2 heterocycles. The molecule has 39 heavy (non-hydrogen) atoms. The van der Waals surface area contributed by atoms with Gasteiger partial charge in [-0.05, 0) is 49.9 Å². The Morgan fingerprint density at radius 3 is 2.51 bits per heavy atom. The Balaban J connectivity index is 2.07. The SMILES string of the molecule is CCCCC(CC)CNc1nc(NC(C)C(=O)O)cc(C)c1N=Nc1c(S(C)(=O)=O)cnn1-c1ccccc1. The number of aromatic nitrogens is 3. The highest BCUT2D eigenvalue weighted by atomic mass is 32.2. The van der Waals surface area contributed by atoms with Gasteiger partial charge in [-0.1, -0.05) is 51.3 Å². The first-order valence-electron chi connectivity index (χ1n) is 13.0. The third-order valence-electron chi connectivity index (χ3n) is 6.38. The van der Waals surface area contributed by atoms with Gasteiger partial charge in [0.15, 0.2) is 21.5 Å². The van der Waals surface area contributed by atoms with Crippen LogP contribution in [0.4, 0.5) is 23.1 Å². The molecule has 1 aromatic carbocycles. The van der Waals surface area contributed by atoms with E-state index < -0.39 is 21.8 Å². The average molecular weight is 556 g/mol. The van der Waals surface area contributed by atoms with E-state index in [1.807, 2.05) is 25.1 Å². The lowest BCUT2D eigenvalue weighted by molar-refractivity contribution is -0.137. The number of hydrogen-bond donors (Lipinski definition) is 3. The molecule has 0 fully saturated rings. The zero-order valence-electron chi connectivity index (χ0n) is 23.0. The smallest absolute Gasteiger partial charge is 0.325 e. The Morgan fingerprint density at radius 1 is 1.18 bits per heavy atom. The molecule has 0 radical (unpaired) electrons. The molecule has 0 aliphatic rings. The molecule has 12 heteroatoms. The number of unbranched alkanes of at least 4 members (excludes halogenated alkanes) is 1. The van der Waals surface area contributed by atoms with Crippen molar-refractivity contribution in [3.63, 3.8) is 0 Å². The van der Waals surface area contributed by atoms with Crippen LogP contribution in [-0.4, -0.2) is 53.1 Å². The van der Waals surface area contributed by atoms with Crippen molar-refractivity contribution in [2.75, 3.05) is 23.4 Å². The van der Waals surface area contributed by atoms with Gasteiger partial charge < -0.3 is 15.7 Å². The van der Waals surface area contributed by atoms with Crippen LogP contribution in [0.3, 0.4) is 0 Å². The summed E-state index contributed by atoms with van der Waals surface area (Å²) in [5.74, 6) is 0.311. The standard InChI is InChI=1S/C27H37N7O4S/c1-6-8-12-20(7-2)16-28-25-24(18(3)15-23(31-25)30-19(4)27(35)36)32-33-26-22(39(5,37)38)17-29-34(26)21-13-10-9-11-14-21/h9-11,13-15,17,19-20H,6-8,12,16H2,1-5H3,(H,35,36)(H2,28,30,31). The minimum atomic E-state index is -3.64. The zero-order valence-corrected chi connectivity index (χ0v) is 23.9. The van der Waals surface area contributed by atoms with E-state index in [1.165, 1.54) is 17.8 Å². The molecule has 0 bridgehead atoms. The van der Waals surface area contributed by atoms with Gasteiger partial charge in [-0.3, -0.25) is 4.79 Å². The van der Waals surface area contributed by atoms with Gasteiger partial charge in [0.05, 0.1) is 11.9 Å². The van der Waals surface area contributed by atoms with E-state index in [1.54, 1.807) is 18.2 Å². The van der Waals surface area contributed by atoms with E-state index in [4.69, 9.17) is 0 Å². The number of carboxylic acids is 1. The Kier molecular flexibility index (Phi) is 10.2. The minimum Gasteiger partial charge on any atom is -0.480 e. The van der Waals surface area contributed by atoms with Gasteiger partial charge in [-0.25, -0.2) is 18.1 Å². The zero-order chi connectivity index (χ0) is 28.6. The summed E-state index contributed by atoms with van der Waals surface area (Å²) in [6.07, 6.45) is 6.65. The largest absolute Gasteiger partial charge is 0.480 e. The number of azo groups is 1. The number of nitrogens with zero attached hydrogens (tertiary/aromatic N) is 5. The molecule has 0 amide bonds. The number of sulfone groups is 1. The van der Waals surface area contributed by atoms with Crippen LogP contribution in [0, 0.1) is 12.8 Å². The molecule has 0 saturated heterocycles. The first-order chi connectivity index (χ1) is 18.5. The Morgan fingerprint density at radius 2 is 1.90 bits per heavy atom. The Bertz CT molecular complexity index is 1400. The van der Waals surface area contributed by atoms with Gasteiger partial charge in [0, 0.05) is 12.8 Å². The van der Waals surface area contributed by atoms with Crippen molar-refractivity contribution in [1.82, 2.24) is 14.8 Å². The third kappa shape index (κ3) is 7.85. The summed E-state index contributed by atoms with van der Waals surface area (Å²) in [6, 6.07) is 9.93. The van der Waals surface area contributed by atoms with E-state index in [-0.39, 0.29) is 10.7 Å². The molecule has 2 atom stereocenters. The number of benzene rings is 1. The van der Waals surface area contributed by atoms with E-state index in [9.17, 15) is 18.3 Å². The fourth-order valence-corrected chi connectivity index (χ4v) is 4.69. The van der Waals surface area contributed by atoms with Crippen molar-refractivity contribution in [1.29, 1.82) is 0 Å². The molecule has 0 saturated carbocycles. The Labute approximate surface area is 229 Å². The van der Waals surface area contributed by atoms with Gasteiger partial charge in [0.1, 0.15) is 22.4 Å². The summed E-state index contributed by atoms with van der Waals surface area (Å²) in [6.45, 7) is 8.31. The molecule has 3 rings (SSSR count). The van der Waals surface area contributed by atoms with Crippen molar-refractivity contribution < 1.29 is 18.3 Å². The summed E-state index contributed by atoms with van der Waals surface area (Å²) in [7, 11) is -3.64. The number of pyridine rings is 1. The number of carboxylic acid groups (broad SMARTS) is 1. The lowest BCUT2D eigenvalue weighted by Gasteiger charge is -2.19. The molecule has 11 nitrogen and oxygen atoms in total. The molecule has 0 spiro atoms. The molecule has 3 aromatic rings. The van der Waals surface area contributed by atoms with Crippen molar-refractivity contribution in [2.24, 2.45) is 16.1 Å². The molecule has 0 aliphatic carbocycles. The van der Waals surface area contributed by atoms with Crippen molar-refractivity contribution in [3.8, 4) is 5.69 Å². The summed E-state index contributed by atoms with van der Waals surface area (Å²) >= 11 is 0. The Hall–Kier alpha value is -3.80. The van der Waals surface area contributed by atoms with E-state index in [0.717, 1.165) is 31.9 Å². The van der Waals surface area contributed by atoms with Crippen LogP contribution in [0.2, 0.25) is 0 Å². The van der Waals surface area contributed by atoms with E-state index in [0.29, 0.717) is 41.0 Å². The van der Waals surface area contributed by atoms with Crippen molar-refractivity contribution >= 4 is 38.9 Å². The fourth-order valence-electron chi connectivity index (χ4n) is 3.99. The molecular formula is C27H37N7O4S. The lowest BCUT2D eigenvalue weighted by atomic mass is 9.99. The van der Waals surface area contributed by atoms with Crippen LogP contribution >= 0.6 is 0 Å². The summed E-state index contributed by atoms with van der Waals surface area (Å²) in [5.41, 5.74) is 1.75. The van der Waals surface area contributed by atoms with Gasteiger partial charge in [-0.15, -0.1) is 10.2 Å². The summed E-state index contributed by atoms with van der Waals surface area (Å²) in [5, 5.41) is 28.7. The molecule has 2 unspecified atom stereocenters. The number of hydrogen-bond acceptors (Lipinski definition) is 9. The highest BCUT2D eigenvalue weighted by molar-refractivity contribution is 7.90. The molecule has 3 N–H and O–H groups in total. The number of aryl methyl sites for hydroxylation is 1. The van der Waals surface area contributed by atoms with Crippen LogP contribution in [0.5, 0.6) is 0 Å². The predicted octanol–water partition coefficient (Wildman–Crippen LogP) is 5.91. The summed E-state index contributed by atoms with van der Waals surface area (Å²) < 4.78 is 26.4. The number of para-hydroxylation sites is 1. The maximum absolute atomic E-state index is 12.5. The number of carbonyl (C=O) groups is 1. The second-order valence-corrected chi connectivity index (χ2v) is 11.6. The second kappa shape index (κ2) is 13.3. The first kappa shape index (κ1) is 29.8. The third-order valence-corrected chi connectivity index (χ3v) is 7.46. The van der Waals surface area contributed by atoms with Crippen LogP contribution < -0.4 is 10.6 Å². The van der Waals surface area contributed by atoms with Crippen LogP contribution in [0.1, 0.15) is 52.0 Å².